The van der Waals surface area contributed by atoms with Gasteiger partial charge in [-0.05, 0) is 6.92 Å². The monoisotopic (exact) mass is 150 g/mol. The summed E-state index contributed by atoms with van der Waals surface area (Å²) in [6.07, 6.45) is 1.49. The van der Waals surface area contributed by atoms with Crippen LogP contribution in [0.4, 0.5) is 0 Å². The molecule has 2 rings (SSSR count). The molecule has 0 fully saturated rings. The van der Waals surface area contributed by atoms with Gasteiger partial charge in [0, 0.05) is 11.8 Å². The molecule has 2 aromatic rings. The maximum absolute atomic E-state index is 9.26. The average Bonchev–Trinajstić information content (AvgIpc) is 2.34. The maximum Gasteiger partial charge on any atom is 0.217 e. The van der Waals surface area contributed by atoms with Crippen molar-refractivity contribution in [2.45, 2.75) is 6.92 Å². The first kappa shape index (κ1) is 6.09. The van der Waals surface area contributed by atoms with Crippen molar-refractivity contribution >= 4 is 5.65 Å². The third-order valence-corrected chi connectivity index (χ3v) is 1.38. The van der Waals surface area contributed by atoms with Crippen molar-refractivity contribution in [3.63, 3.8) is 0 Å². The Bertz CT molecular complexity index is 394. The van der Waals surface area contributed by atoms with Gasteiger partial charge in [-0.1, -0.05) is 5.21 Å². The zero-order valence-electron chi connectivity index (χ0n) is 5.89. The lowest BCUT2D eigenvalue weighted by Crippen LogP contribution is -1.92. The molecule has 0 radical (unpaired) electrons. The van der Waals surface area contributed by atoms with Crippen LogP contribution in [0.2, 0.25) is 0 Å². The molecule has 0 aliphatic carbocycles. The molecule has 0 aromatic carbocycles. The number of nitrogens with zero attached hydrogens (tertiary/aromatic N) is 4. The van der Waals surface area contributed by atoms with Crippen LogP contribution in [0.15, 0.2) is 12.3 Å². The Hall–Kier alpha value is -1.65. The van der Waals surface area contributed by atoms with Crippen LogP contribution < -0.4 is 0 Å². The normalized spacial score (nSPS) is 10.6. The highest BCUT2D eigenvalue weighted by molar-refractivity contribution is 5.37. The molecule has 11 heavy (non-hydrogen) atoms. The van der Waals surface area contributed by atoms with Gasteiger partial charge in [-0.3, -0.25) is 0 Å². The van der Waals surface area contributed by atoms with E-state index in [4.69, 9.17) is 0 Å². The number of rotatable bonds is 0. The summed E-state index contributed by atoms with van der Waals surface area (Å²) in [6.45, 7) is 1.80. The quantitative estimate of drug-likeness (QED) is 0.580. The van der Waals surface area contributed by atoms with E-state index in [0.717, 1.165) is 5.69 Å². The molecule has 0 spiro atoms. The van der Waals surface area contributed by atoms with Crippen molar-refractivity contribution in [2.75, 3.05) is 0 Å². The molecule has 0 aliphatic heterocycles. The zero-order chi connectivity index (χ0) is 7.84. The number of hydrogen-bond acceptors (Lipinski definition) is 4. The van der Waals surface area contributed by atoms with Crippen LogP contribution in [0.25, 0.3) is 5.65 Å². The van der Waals surface area contributed by atoms with Gasteiger partial charge in [-0.15, -0.1) is 5.10 Å². The first-order chi connectivity index (χ1) is 5.27. The van der Waals surface area contributed by atoms with E-state index in [1.54, 1.807) is 6.92 Å². The molecular weight excluding hydrogens is 144 g/mol. The molecule has 0 atom stereocenters. The lowest BCUT2D eigenvalue weighted by Gasteiger charge is -1.95. The average molecular weight is 150 g/mol. The summed E-state index contributed by atoms with van der Waals surface area (Å²) in [5, 5.41) is 16.5. The van der Waals surface area contributed by atoms with Gasteiger partial charge in [0.1, 0.15) is 0 Å². The van der Waals surface area contributed by atoms with Crippen LogP contribution in [-0.4, -0.2) is 24.9 Å². The molecule has 0 aliphatic rings. The summed E-state index contributed by atoms with van der Waals surface area (Å²) in [4.78, 5) is 4.07. The Kier molecular flexibility index (Phi) is 1.06. The van der Waals surface area contributed by atoms with Crippen LogP contribution in [0.3, 0.4) is 0 Å². The fourth-order valence-corrected chi connectivity index (χ4v) is 0.930. The highest BCUT2D eigenvalue weighted by atomic mass is 16.3. The lowest BCUT2D eigenvalue weighted by molar-refractivity contribution is 0.432. The SMILES string of the molecule is Cc1cc(O)n2nncc2n1. The third-order valence-electron chi connectivity index (χ3n) is 1.38. The number of aromatic hydroxyl groups is 1. The number of aryl methyl sites for hydroxylation is 1. The smallest absolute Gasteiger partial charge is 0.217 e. The van der Waals surface area contributed by atoms with E-state index in [0.29, 0.717) is 5.65 Å². The van der Waals surface area contributed by atoms with Crippen molar-refractivity contribution in [2.24, 2.45) is 0 Å². The van der Waals surface area contributed by atoms with Crippen molar-refractivity contribution in [1.82, 2.24) is 19.8 Å². The summed E-state index contributed by atoms with van der Waals surface area (Å²) < 4.78 is 1.27. The third kappa shape index (κ3) is 0.813. The summed E-state index contributed by atoms with van der Waals surface area (Å²) in [6, 6.07) is 1.53. The van der Waals surface area contributed by atoms with Gasteiger partial charge >= 0.3 is 0 Å². The summed E-state index contributed by atoms with van der Waals surface area (Å²) in [7, 11) is 0. The second-order valence-corrected chi connectivity index (χ2v) is 2.26. The Morgan fingerprint density at radius 1 is 1.55 bits per heavy atom. The minimum atomic E-state index is 0.0602. The van der Waals surface area contributed by atoms with Gasteiger partial charge in [-0.2, -0.15) is 4.52 Å². The van der Waals surface area contributed by atoms with Crippen LogP contribution in [0.5, 0.6) is 5.88 Å². The van der Waals surface area contributed by atoms with E-state index >= 15 is 0 Å². The van der Waals surface area contributed by atoms with Crippen LogP contribution in [0, 0.1) is 6.92 Å². The van der Waals surface area contributed by atoms with Gasteiger partial charge in [0.15, 0.2) is 5.65 Å². The minimum Gasteiger partial charge on any atom is -0.493 e. The predicted octanol–water partition coefficient (Wildman–Crippen LogP) is 0.138. The van der Waals surface area contributed by atoms with Crippen molar-refractivity contribution < 1.29 is 5.11 Å². The highest BCUT2D eigenvalue weighted by Crippen LogP contribution is 2.09. The minimum absolute atomic E-state index is 0.0602. The second-order valence-electron chi connectivity index (χ2n) is 2.26. The van der Waals surface area contributed by atoms with E-state index in [1.165, 1.54) is 16.8 Å². The molecule has 5 heteroatoms. The summed E-state index contributed by atoms with van der Waals surface area (Å²) in [5.41, 5.74) is 1.31. The molecule has 0 saturated heterocycles. The molecule has 0 amide bonds. The van der Waals surface area contributed by atoms with Crippen molar-refractivity contribution in [1.29, 1.82) is 0 Å². The fourth-order valence-electron chi connectivity index (χ4n) is 0.930. The Balaban J connectivity index is 2.91. The molecule has 1 N–H and O–H groups in total. The molecule has 0 unspecified atom stereocenters. The van der Waals surface area contributed by atoms with Crippen LogP contribution >= 0.6 is 0 Å². The lowest BCUT2D eigenvalue weighted by atomic mass is 10.4. The van der Waals surface area contributed by atoms with E-state index in [-0.39, 0.29) is 5.88 Å². The van der Waals surface area contributed by atoms with Gasteiger partial charge < -0.3 is 5.11 Å². The van der Waals surface area contributed by atoms with E-state index in [9.17, 15) is 5.11 Å². The largest absolute Gasteiger partial charge is 0.493 e. The molecule has 5 nitrogen and oxygen atoms in total. The second kappa shape index (κ2) is 1.91. The Morgan fingerprint density at radius 3 is 3.18 bits per heavy atom. The maximum atomic E-state index is 9.26. The molecule has 0 bridgehead atoms. The van der Waals surface area contributed by atoms with Crippen LogP contribution in [0.1, 0.15) is 5.69 Å². The Labute approximate surface area is 62.3 Å². The van der Waals surface area contributed by atoms with Gasteiger partial charge in [0.2, 0.25) is 5.88 Å². The fraction of sp³-hybridized carbons (Fsp3) is 0.167. The van der Waals surface area contributed by atoms with E-state index in [2.05, 4.69) is 15.3 Å². The standard InChI is InChI=1S/C6H6N4O/c1-4-2-6(11)10-5(8-4)3-7-9-10/h2-3,11H,1H3. The number of fused-ring (bicyclic) bond motifs is 1. The molecule has 2 aromatic heterocycles. The molecular formula is C6H6N4O. The van der Waals surface area contributed by atoms with Crippen LogP contribution in [-0.2, 0) is 0 Å². The topological polar surface area (TPSA) is 63.3 Å². The van der Waals surface area contributed by atoms with Gasteiger partial charge in [0.05, 0.1) is 6.20 Å². The van der Waals surface area contributed by atoms with E-state index in [1.807, 2.05) is 0 Å². The van der Waals surface area contributed by atoms with E-state index < -0.39 is 0 Å². The molecule has 0 saturated carbocycles. The van der Waals surface area contributed by atoms with Crippen molar-refractivity contribution in [3.8, 4) is 5.88 Å². The molecule has 2 heterocycles. The first-order valence-electron chi connectivity index (χ1n) is 3.14. The predicted molar refractivity (Wildman–Crippen MR) is 37.2 cm³/mol. The molecule has 56 valence electrons. The van der Waals surface area contributed by atoms with Gasteiger partial charge in [-0.25, -0.2) is 4.98 Å². The first-order valence-corrected chi connectivity index (χ1v) is 3.14. The van der Waals surface area contributed by atoms with Crippen molar-refractivity contribution in [3.05, 3.63) is 18.0 Å². The Morgan fingerprint density at radius 2 is 2.36 bits per heavy atom. The highest BCUT2D eigenvalue weighted by Gasteiger charge is 2.01. The summed E-state index contributed by atoms with van der Waals surface area (Å²) in [5.74, 6) is 0.0602. The summed E-state index contributed by atoms with van der Waals surface area (Å²) >= 11 is 0. The van der Waals surface area contributed by atoms with Gasteiger partial charge in [0.25, 0.3) is 0 Å². The number of aromatic nitrogens is 4. The zero-order valence-corrected chi connectivity index (χ0v) is 5.89. The number of hydrogen-bond donors (Lipinski definition) is 1.